The van der Waals surface area contributed by atoms with Gasteiger partial charge in [-0.2, -0.15) is 4.98 Å². The van der Waals surface area contributed by atoms with Crippen LogP contribution in [0.5, 0.6) is 0 Å². The molecule has 0 unspecified atom stereocenters. The van der Waals surface area contributed by atoms with Crippen molar-refractivity contribution >= 4 is 23.3 Å². The van der Waals surface area contributed by atoms with E-state index in [9.17, 15) is 4.79 Å². The summed E-state index contributed by atoms with van der Waals surface area (Å²) >= 11 is 6.08. The third kappa shape index (κ3) is 5.05. The van der Waals surface area contributed by atoms with Crippen LogP contribution in [0.4, 0.5) is 5.82 Å². The summed E-state index contributed by atoms with van der Waals surface area (Å²) in [5.74, 6) is 1.91. The van der Waals surface area contributed by atoms with Crippen molar-refractivity contribution in [3.05, 3.63) is 47.6 Å². The summed E-state index contributed by atoms with van der Waals surface area (Å²) in [4.78, 5) is 23.7. The lowest BCUT2D eigenvalue weighted by atomic mass is 9.95. The maximum absolute atomic E-state index is 12.4. The van der Waals surface area contributed by atoms with E-state index in [1.807, 2.05) is 24.3 Å². The Labute approximate surface area is 186 Å². The smallest absolute Gasteiger partial charge is 0.261 e. The van der Waals surface area contributed by atoms with Crippen LogP contribution in [0.2, 0.25) is 5.02 Å². The molecule has 1 saturated heterocycles. The van der Waals surface area contributed by atoms with E-state index in [-0.39, 0.29) is 11.8 Å². The summed E-state index contributed by atoms with van der Waals surface area (Å²) in [6, 6.07) is 11.1. The number of aromatic nitrogens is 3. The Kier molecular flexibility index (Phi) is 6.82. The van der Waals surface area contributed by atoms with Gasteiger partial charge in [-0.25, -0.2) is 4.98 Å². The molecule has 3 heterocycles. The van der Waals surface area contributed by atoms with Crippen LogP contribution in [0, 0.1) is 5.92 Å². The van der Waals surface area contributed by atoms with Crippen molar-refractivity contribution in [2.45, 2.75) is 32.6 Å². The van der Waals surface area contributed by atoms with Crippen LogP contribution in [-0.2, 0) is 4.79 Å². The Morgan fingerprint density at radius 1 is 1.26 bits per heavy atom. The predicted octanol–water partition coefficient (Wildman–Crippen LogP) is 4.58. The van der Waals surface area contributed by atoms with Crippen LogP contribution in [0.25, 0.3) is 22.8 Å². The first-order valence-corrected chi connectivity index (χ1v) is 11.1. The predicted molar refractivity (Wildman–Crippen MR) is 121 cm³/mol. The second kappa shape index (κ2) is 9.92. The molecule has 7 nitrogen and oxygen atoms in total. The molecule has 0 saturated carbocycles. The number of carbonyl (C=O) groups is 1. The van der Waals surface area contributed by atoms with Gasteiger partial charge in [-0.1, -0.05) is 42.2 Å². The highest BCUT2D eigenvalue weighted by molar-refractivity contribution is 6.30. The van der Waals surface area contributed by atoms with Crippen LogP contribution in [-0.4, -0.2) is 40.7 Å². The van der Waals surface area contributed by atoms with Crippen molar-refractivity contribution in [1.29, 1.82) is 0 Å². The van der Waals surface area contributed by atoms with Gasteiger partial charge in [0.1, 0.15) is 5.82 Å². The number of anilines is 1. The molecule has 1 amide bonds. The molecule has 31 heavy (non-hydrogen) atoms. The number of carbonyl (C=O) groups excluding carboxylic acids is 1. The highest BCUT2D eigenvalue weighted by Gasteiger charge is 2.27. The van der Waals surface area contributed by atoms with E-state index in [1.54, 1.807) is 18.3 Å². The molecule has 0 radical (unpaired) electrons. The first kappa shape index (κ1) is 21.3. The lowest BCUT2D eigenvalue weighted by Gasteiger charge is -2.32. The average molecular weight is 440 g/mol. The molecule has 2 aromatic heterocycles. The summed E-state index contributed by atoms with van der Waals surface area (Å²) in [6.07, 6.45) is 5.45. The van der Waals surface area contributed by atoms with Crippen LogP contribution >= 0.6 is 11.6 Å². The van der Waals surface area contributed by atoms with Crippen molar-refractivity contribution in [3.8, 4) is 22.8 Å². The summed E-state index contributed by atoms with van der Waals surface area (Å²) in [5.41, 5.74) is 1.58. The van der Waals surface area contributed by atoms with Crippen molar-refractivity contribution in [2.24, 2.45) is 5.92 Å². The van der Waals surface area contributed by atoms with Gasteiger partial charge in [-0.05, 0) is 43.5 Å². The number of piperidine rings is 1. The van der Waals surface area contributed by atoms with E-state index in [0.717, 1.165) is 62.3 Å². The molecule has 0 spiro atoms. The molecule has 4 rings (SSSR count). The minimum Gasteiger partial charge on any atom is -0.356 e. The Morgan fingerprint density at radius 3 is 2.87 bits per heavy atom. The number of halogens is 1. The van der Waals surface area contributed by atoms with E-state index in [4.69, 9.17) is 16.1 Å². The zero-order chi connectivity index (χ0) is 21.6. The minimum atomic E-state index is 0.0538. The number of nitrogens with one attached hydrogen (secondary N) is 1. The number of pyridine rings is 1. The number of amides is 1. The van der Waals surface area contributed by atoms with Gasteiger partial charge in [-0.3, -0.25) is 4.79 Å². The number of unbranched alkanes of at least 4 members (excludes halogenated alkanes) is 1. The number of hydrogen-bond acceptors (Lipinski definition) is 6. The van der Waals surface area contributed by atoms with Gasteiger partial charge in [0.05, 0.1) is 5.56 Å². The van der Waals surface area contributed by atoms with Gasteiger partial charge in [0.25, 0.3) is 5.89 Å². The molecular weight excluding hydrogens is 414 g/mol. The number of rotatable bonds is 7. The van der Waals surface area contributed by atoms with Crippen LogP contribution in [0.15, 0.2) is 47.1 Å². The van der Waals surface area contributed by atoms with E-state index >= 15 is 0 Å². The van der Waals surface area contributed by atoms with Crippen LogP contribution < -0.4 is 10.2 Å². The fourth-order valence-electron chi connectivity index (χ4n) is 3.78. The van der Waals surface area contributed by atoms with E-state index in [1.165, 1.54) is 0 Å². The SMILES string of the molecule is CCCCNC(=O)C1CCN(c2ncccc2-c2nc(-c3cccc(Cl)c3)no2)CC1. The van der Waals surface area contributed by atoms with E-state index in [0.29, 0.717) is 16.7 Å². The van der Waals surface area contributed by atoms with Crippen molar-refractivity contribution < 1.29 is 9.32 Å². The summed E-state index contributed by atoms with van der Waals surface area (Å²) in [6.45, 7) is 4.39. The Bertz CT molecular complexity index is 1030. The van der Waals surface area contributed by atoms with Gasteiger partial charge < -0.3 is 14.7 Å². The van der Waals surface area contributed by atoms with Crippen molar-refractivity contribution in [2.75, 3.05) is 24.5 Å². The first-order valence-electron chi connectivity index (χ1n) is 10.7. The monoisotopic (exact) mass is 439 g/mol. The molecule has 3 aromatic rings. The standard InChI is InChI=1S/C23H26ClN5O2/c1-2-3-11-26-22(30)16-9-13-29(14-10-16)21-19(8-5-12-25-21)23-27-20(28-31-23)17-6-4-7-18(24)15-17/h4-8,12,15-16H,2-3,9-11,13-14H2,1H3,(H,26,30). The zero-order valence-corrected chi connectivity index (χ0v) is 18.3. The Balaban J connectivity index is 1.47. The van der Waals surface area contributed by atoms with Gasteiger partial charge in [0.15, 0.2) is 0 Å². The molecule has 8 heteroatoms. The molecule has 0 atom stereocenters. The number of nitrogens with zero attached hydrogens (tertiary/aromatic N) is 4. The van der Waals surface area contributed by atoms with Crippen molar-refractivity contribution in [1.82, 2.24) is 20.4 Å². The number of hydrogen-bond donors (Lipinski definition) is 1. The summed E-state index contributed by atoms with van der Waals surface area (Å²) in [7, 11) is 0. The van der Waals surface area contributed by atoms with E-state index < -0.39 is 0 Å². The zero-order valence-electron chi connectivity index (χ0n) is 17.6. The normalized spacial score (nSPS) is 14.6. The average Bonchev–Trinajstić information content (AvgIpc) is 3.30. The Hall–Kier alpha value is -2.93. The highest BCUT2D eigenvalue weighted by atomic mass is 35.5. The molecule has 1 aliphatic heterocycles. The fraction of sp³-hybridized carbons (Fsp3) is 0.391. The third-order valence-electron chi connectivity index (χ3n) is 5.52. The Morgan fingerprint density at radius 2 is 2.10 bits per heavy atom. The number of benzene rings is 1. The van der Waals surface area contributed by atoms with Gasteiger partial charge >= 0.3 is 0 Å². The van der Waals surface area contributed by atoms with Crippen LogP contribution in [0.3, 0.4) is 0 Å². The first-order chi connectivity index (χ1) is 15.2. The maximum Gasteiger partial charge on any atom is 0.261 e. The molecule has 1 N–H and O–H groups in total. The molecule has 1 aromatic carbocycles. The second-order valence-corrected chi connectivity index (χ2v) is 8.15. The second-order valence-electron chi connectivity index (χ2n) is 7.71. The largest absolute Gasteiger partial charge is 0.356 e. The minimum absolute atomic E-state index is 0.0538. The molecular formula is C23H26ClN5O2. The fourth-order valence-corrected chi connectivity index (χ4v) is 3.97. The molecule has 162 valence electrons. The van der Waals surface area contributed by atoms with Gasteiger partial charge in [0, 0.05) is 42.3 Å². The molecule has 1 aliphatic rings. The maximum atomic E-state index is 12.4. The summed E-state index contributed by atoms with van der Waals surface area (Å²) in [5, 5.41) is 7.79. The van der Waals surface area contributed by atoms with Gasteiger partial charge in [0.2, 0.25) is 11.7 Å². The lowest BCUT2D eigenvalue weighted by molar-refractivity contribution is -0.125. The highest BCUT2D eigenvalue weighted by Crippen LogP contribution is 2.32. The van der Waals surface area contributed by atoms with Crippen LogP contribution in [0.1, 0.15) is 32.6 Å². The molecule has 0 aliphatic carbocycles. The quantitative estimate of drug-likeness (QED) is 0.542. The van der Waals surface area contributed by atoms with E-state index in [2.05, 4.69) is 32.3 Å². The van der Waals surface area contributed by atoms with Gasteiger partial charge in [-0.15, -0.1) is 0 Å². The molecule has 0 bridgehead atoms. The topological polar surface area (TPSA) is 84.2 Å². The lowest BCUT2D eigenvalue weighted by Crippen LogP contribution is -2.41. The van der Waals surface area contributed by atoms with Crippen molar-refractivity contribution in [3.63, 3.8) is 0 Å². The third-order valence-corrected chi connectivity index (χ3v) is 5.76. The molecule has 1 fully saturated rings. The summed E-state index contributed by atoms with van der Waals surface area (Å²) < 4.78 is 5.56.